The second-order valence-electron chi connectivity index (χ2n) is 5.32. The van der Waals surface area contributed by atoms with Gasteiger partial charge in [-0.2, -0.15) is 5.10 Å². The van der Waals surface area contributed by atoms with E-state index >= 15 is 0 Å². The lowest BCUT2D eigenvalue weighted by molar-refractivity contribution is 0.0952. The summed E-state index contributed by atoms with van der Waals surface area (Å²) in [5.41, 5.74) is 2.62. The summed E-state index contributed by atoms with van der Waals surface area (Å²) in [7, 11) is 0. The van der Waals surface area contributed by atoms with Crippen molar-refractivity contribution in [1.29, 1.82) is 0 Å². The molecule has 2 aliphatic rings. The van der Waals surface area contributed by atoms with Crippen LogP contribution in [0.15, 0.2) is 35.5 Å². The van der Waals surface area contributed by atoms with Crippen LogP contribution in [0.1, 0.15) is 23.2 Å². The van der Waals surface area contributed by atoms with Crippen LogP contribution in [0.2, 0.25) is 5.02 Å². The first-order chi connectivity index (χ1) is 9.63. The normalized spacial score (nSPS) is 27.4. The first-order valence-electron chi connectivity index (χ1n) is 6.64. The Hall–Kier alpha value is -1.81. The number of hydrogen-bond acceptors (Lipinski definition) is 3. The Bertz CT molecular complexity index is 598. The number of rotatable bonds is 3. The highest BCUT2D eigenvalue weighted by atomic mass is 35.5. The average molecular weight is 291 g/mol. The van der Waals surface area contributed by atoms with E-state index < -0.39 is 5.91 Å². The molecule has 3 unspecified atom stereocenters. The van der Waals surface area contributed by atoms with Crippen LogP contribution in [0, 0.1) is 17.8 Å². The molecule has 3 rings (SSSR count). The summed E-state index contributed by atoms with van der Waals surface area (Å²) >= 11 is 5.72. The topological polar surface area (TPSA) is 61.7 Å². The van der Waals surface area contributed by atoms with E-state index in [1.165, 1.54) is 18.6 Å². The van der Waals surface area contributed by atoms with Crippen LogP contribution in [0.5, 0.6) is 5.75 Å². The standard InChI is InChI=1S/C15H15ClN2O2/c16-12-3-4-13(14(19)7-12)15(20)18-17-8-11-6-9-1-2-10(11)5-9/h1-4,7-11,19H,5-6H2,(H,18,20). The molecule has 0 spiro atoms. The molecule has 2 N–H and O–H groups in total. The van der Waals surface area contributed by atoms with Crippen LogP contribution in [-0.2, 0) is 0 Å². The maximum atomic E-state index is 11.9. The van der Waals surface area contributed by atoms with Gasteiger partial charge in [-0.25, -0.2) is 5.43 Å². The van der Waals surface area contributed by atoms with Crippen molar-refractivity contribution in [3.8, 4) is 5.75 Å². The zero-order valence-corrected chi connectivity index (χ0v) is 11.5. The fourth-order valence-electron chi connectivity index (χ4n) is 2.94. The summed E-state index contributed by atoms with van der Waals surface area (Å²) in [6.07, 6.45) is 8.60. The van der Waals surface area contributed by atoms with Crippen LogP contribution in [0.4, 0.5) is 0 Å². The third-order valence-corrected chi connectivity index (χ3v) is 4.20. The van der Waals surface area contributed by atoms with Gasteiger partial charge in [0.2, 0.25) is 0 Å². The summed E-state index contributed by atoms with van der Waals surface area (Å²) in [5.74, 6) is 1.06. The maximum Gasteiger partial charge on any atom is 0.275 e. The number of aromatic hydroxyl groups is 1. The lowest BCUT2D eigenvalue weighted by Gasteiger charge is -2.12. The van der Waals surface area contributed by atoms with Gasteiger partial charge in [-0.3, -0.25) is 4.79 Å². The lowest BCUT2D eigenvalue weighted by atomic mass is 9.95. The van der Waals surface area contributed by atoms with Gasteiger partial charge in [0.1, 0.15) is 5.75 Å². The minimum atomic E-state index is -0.436. The van der Waals surface area contributed by atoms with Crippen LogP contribution >= 0.6 is 11.6 Å². The van der Waals surface area contributed by atoms with Gasteiger partial charge in [0, 0.05) is 17.2 Å². The third-order valence-electron chi connectivity index (χ3n) is 3.97. The molecule has 0 aliphatic heterocycles. The molecule has 5 heteroatoms. The Kier molecular flexibility index (Phi) is 3.49. The maximum absolute atomic E-state index is 11.9. The predicted octanol–water partition coefficient (Wildman–Crippen LogP) is 2.97. The van der Waals surface area contributed by atoms with Crippen molar-refractivity contribution in [3.05, 3.63) is 40.9 Å². The smallest absolute Gasteiger partial charge is 0.275 e. The highest BCUT2D eigenvalue weighted by Crippen LogP contribution is 2.42. The first kappa shape index (κ1) is 13.2. The molecule has 1 aromatic carbocycles. The van der Waals surface area contributed by atoms with E-state index in [4.69, 9.17) is 11.6 Å². The molecule has 1 aromatic rings. The molecule has 1 saturated carbocycles. The second-order valence-corrected chi connectivity index (χ2v) is 5.76. The molecule has 1 amide bonds. The number of halogens is 1. The van der Waals surface area contributed by atoms with Crippen molar-refractivity contribution in [3.63, 3.8) is 0 Å². The molecule has 1 fully saturated rings. The van der Waals surface area contributed by atoms with Gasteiger partial charge in [-0.15, -0.1) is 0 Å². The third kappa shape index (κ3) is 2.56. The highest BCUT2D eigenvalue weighted by Gasteiger charge is 2.34. The molecule has 3 atom stereocenters. The zero-order chi connectivity index (χ0) is 14.1. The van der Waals surface area contributed by atoms with Gasteiger partial charge < -0.3 is 5.11 Å². The Balaban J connectivity index is 1.60. The number of nitrogens with zero attached hydrogens (tertiary/aromatic N) is 1. The summed E-state index contributed by atoms with van der Waals surface area (Å²) < 4.78 is 0. The summed E-state index contributed by atoms with van der Waals surface area (Å²) in [6.45, 7) is 0. The van der Waals surface area contributed by atoms with E-state index in [1.807, 2.05) is 0 Å². The molecule has 2 bridgehead atoms. The molecule has 0 aromatic heterocycles. The first-order valence-corrected chi connectivity index (χ1v) is 7.01. The Labute approximate surface area is 122 Å². The molecule has 104 valence electrons. The molecule has 0 heterocycles. The average Bonchev–Trinajstić information content (AvgIpc) is 3.00. The van der Waals surface area contributed by atoms with E-state index in [2.05, 4.69) is 22.7 Å². The minimum absolute atomic E-state index is 0.145. The van der Waals surface area contributed by atoms with Crippen molar-refractivity contribution in [1.82, 2.24) is 5.43 Å². The largest absolute Gasteiger partial charge is 0.507 e. The van der Waals surface area contributed by atoms with Gasteiger partial charge >= 0.3 is 0 Å². The fourth-order valence-corrected chi connectivity index (χ4v) is 3.11. The number of hydrogen-bond donors (Lipinski definition) is 2. The number of hydrazone groups is 1. The number of nitrogens with one attached hydrogen (secondary N) is 1. The molecule has 4 nitrogen and oxygen atoms in total. The molecule has 0 radical (unpaired) electrons. The quantitative estimate of drug-likeness (QED) is 0.511. The SMILES string of the molecule is O=C(NN=CC1CC2C=CC1C2)c1ccc(Cl)cc1O. The van der Waals surface area contributed by atoms with Crippen molar-refractivity contribution in [2.45, 2.75) is 12.8 Å². The number of carbonyl (C=O) groups excluding carboxylic acids is 1. The van der Waals surface area contributed by atoms with Crippen molar-refractivity contribution in [2.24, 2.45) is 22.9 Å². The number of benzene rings is 1. The van der Waals surface area contributed by atoms with Gasteiger partial charge in [0.15, 0.2) is 0 Å². The summed E-state index contributed by atoms with van der Waals surface area (Å²) in [6, 6.07) is 4.37. The zero-order valence-electron chi connectivity index (χ0n) is 10.8. The fraction of sp³-hybridized carbons (Fsp3) is 0.333. The number of fused-ring (bicyclic) bond motifs is 2. The van der Waals surface area contributed by atoms with Crippen LogP contribution in [0.25, 0.3) is 0 Å². The number of carbonyl (C=O) groups is 1. The van der Waals surface area contributed by atoms with Crippen molar-refractivity contribution >= 4 is 23.7 Å². The molecular weight excluding hydrogens is 276 g/mol. The number of phenols is 1. The van der Waals surface area contributed by atoms with E-state index in [-0.39, 0.29) is 11.3 Å². The van der Waals surface area contributed by atoms with E-state index in [0.29, 0.717) is 22.8 Å². The van der Waals surface area contributed by atoms with E-state index in [0.717, 1.165) is 6.42 Å². The molecule has 2 aliphatic carbocycles. The van der Waals surface area contributed by atoms with Crippen LogP contribution in [-0.4, -0.2) is 17.2 Å². The van der Waals surface area contributed by atoms with Crippen LogP contribution in [0.3, 0.4) is 0 Å². The monoisotopic (exact) mass is 290 g/mol. The minimum Gasteiger partial charge on any atom is -0.507 e. The summed E-state index contributed by atoms with van der Waals surface area (Å²) in [5, 5.41) is 14.0. The molecule has 0 saturated heterocycles. The van der Waals surface area contributed by atoms with Gasteiger partial charge in [-0.05, 0) is 42.9 Å². The van der Waals surface area contributed by atoms with Gasteiger partial charge in [0.25, 0.3) is 5.91 Å². The summed E-state index contributed by atoms with van der Waals surface area (Å²) in [4.78, 5) is 11.9. The van der Waals surface area contributed by atoms with E-state index in [9.17, 15) is 9.90 Å². The van der Waals surface area contributed by atoms with Crippen LogP contribution < -0.4 is 5.43 Å². The van der Waals surface area contributed by atoms with Gasteiger partial charge in [0.05, 0.1) is 5.56 Å². The highest BCUT2D eigenvalue weighted by molar-refractivity contribution is 6.30. The predicted molar refractivity (Wildman–Crippen MR) is 77.9 cm³/mol. The Morgan fingerprint density at radius 2 is 2.25 bits per heavy atom. The number of amides is 1. The Morgan fingerprint density at radius 1 is 1.40 bits per heavy atom. The van der Waals surface area contributed by atoms with Crippen molar-refractivity contribution < 1.29 is 9.90 Å². The van der Waals surface area contributed by atoms with Crippen molar-refractivity contribution in [2.75, 3.05) is 0 Å². The number of allylic oxidation sites excluding steroid dienone is 2. The molecular formula is C15H15ClN2O2. The molecule has 20 heavy (non-hydrogen) atoms. The second kappa shape index (κ2) is 5.29. The van der Waals surface area contributed by atoms with E-state index in [1.54, 1.807) is 12.3 Å². The lowest BCUT2D eigenvalue weighted by Crippen LogP contribution is -2.19. The Morgan fingerprint density at radius 3 is 2.90 bits per heavy atom. The van der Waals surface area contributed by atoms with Gasteiger partial charge in [-0.1, -0.05) is 23.8 Å². The number of phenolic OH excluding ortho intramolecular Hbond substituents is 1.